The Kier molecular flexibility index (Phi) is 6.42. The van der Waals surface area contributed by atoms with Crippen LogP contribution in [-0.2, 0) is 6.54 Å². The Bertz CT molecular complexity index is 1460. The standard InChI is InChI=1S/C25H25F3N6O.ClH/c26-25(27,28)15-34-21-13-16(4-7-19(21)22-20(24(34)35)14-30-31-22)18-3-1-8-29-23(18)33-10-2-9-32(11-12-33)17-5-6-17;/h1,3-4,7-8,13-14,17H,2,5-6,9-12,15H2,(H,30,31);1H. The van der Waals surface area contributed by atoms with Gasteiger partial charge in [-0.3, -0.25) is 19.4 Å². The van der Waals surface area contributed by atoms with Crippen LogP contribution in [-0.4, -0.2) is 63.0 Å². The van der Waals surface area contributed by atoms with Crippen molar-refractivity contribution in [3.8, 4) is 11.1 Å². The maximum Gasteiger partial charge on any atom is 0.406 e. The molecule has 4 aromatic rings. The number of hydrogen-bond acceptors (Lipinski definition) is 5. The van der Waals surface area contributed by atoms with E-state index in [4.69, 9.17) is 0 Å². The van der Waals surface area contributed by atoms with Crippen LogP contribution in [0.25, 0.3) is 32.9 Å². The Balaban J connectivity index is 0.00000267. The van der Waals surface area contributed by atoms with Crippen LogP contribution in [0.3, 0.4) is 0 Å². The molecule has 0 bridgehead atoms. The van der Waals surface area contributed by atoms with Crippen LogP contribution in [0.15, 0.2) is 47.5 Å². The first-order valence-corrected chi connectivity index (χ1v) is 11.9. The molecule has 1 aliphatic carbocycles. The van der Waals surface area contributed by atoms with E-state index in [0.29, 0.717) is 16.9 Å². The summed E-state index contributed by atoms with van der Waals surface area (Å²) in [6, 6.07) is 9.78. The number of alkyl halides is 3. The summed E-state index contributed by atoms with van der Waals surface area (Å²) in [5.74, 6) is 0.817. The maximum absolute atomic E-state index is 13.4. The van der Waals surface area contributed by atoms with Gasteiger partial charge in [-0.05, 0) is 43.0 Å². The summed E-state index contributed by atoms with van der Waals surface area (Å²) in [6.45, 7) is 2.40. The predicted molar refractivity (Wildman–Crippen MR) is 136 cm³/mol. The Morgan fingerprint density at radius 1 is 1.06 bits per heavy atom. The highest BCUT2D eigenvalue weighted by Crippen LogP contribution is 2.34. The lowest BCUT2D eigenvalue weighted by molar-refractivity contribution is -0.140. The number of nitrogens with zero attached hydrogens (tertiary/aromatic N) is 5. The largest absolute Gasteiger partial charge is 0.406 e. The minimum atomic E-state index is -4.54. The number of nitrogens with one attached hydrogen (secondary N) is 1. The molecule has 4 heterocycles. The number of anilines is 1. The van der Waals surface area contributed by atoms with Crippen molar-refractivity contribution in [2.45, 2.75) is 38.0 Å². The Labute approximate surface area is 211 Å². The molecule has 0 amide bonds. The molecule has 1 saturated carbocycles. The van der Waals surface area contributed by atoms with Gasteiger partial charge < -0.3 is 4.90 Å². The lowest BCUT2D eigenvalue weighted by Crippen LogP contribution is -2.32. The van der Waals surface area contributed by atoms with Crippen molar-refractivity contribution in [1.29, 1.82) is 0 Å². The highest BCUT2D eigenvalue weighted by atomic mass is 35.5. The van der Waals surface area contributed by atoms with Crippen LogP contribution in [0.1, 0.15) is 19.3 Å². The predicted octanol–water partition coefficient (Wildman–Crippen LogP) is 4.60. The molecule has 1 saturated heterocycles. The van der Waals surface area contributed by atoms with Gasteiger partial charge in [-0.25, -0.2) is 4.98 Å². The average Bonchev–Trinajstić information content (AvgIpc) is 3.61. The molecule has 11 heteroatoms. The molecule has 0 spiro atoms. The number of pyridine rings is 2. The van der Waals surface area contributed by atoms with Crippen molar-refractivity contribution < 1.29 is 13.2 Å². The van der Waals surface area contributed by atoms with Gasteiger partial charge in [0, 0.05) is 49.4 Å². The summed E-state index contributed by atoms with van der Waals surface area (Å²) in [4.78, 5) is 22.4. The molecule has 1 aliphatic heterocycles. The number of aromatic nitrogens is 4. The molecule has 2 fully saturated rings. The summed E-state index contributed by atoms with van der Waals surface area (Å²) in [6.07, 6.45) is 2.07. The maximum atomic E-state index is 13.4. The summed E-state index contributed by atoms with van der Waals surface area (Å²) in [5, 5.41) is 7.33. The summed E-state index contributed by atoms with van der Waals surface area (Å²) in [5.41, 5.74) is 1.50. The molecule has 2 aliphatic rings. The number of H-pyrrole nitrogens is 1. The van der Waals surface area contributed by atoms with Gasteiger partial charge >= 0.3 is 6.18 Å². The summed E-state index contributed by atoms with van der Waals surface area (Å²) < 4.78 is 41.1. The van der Waals surface area contributed by atoms with E-state index in [2.05, 4.69) is 25.0 Å². The molecule has 0 unspecified atom stereocenters. The van der Waals surface area contributed by atoms with E-state index in [1.165, 1.54) is 19.0 Å². The van der Waals surface area contributed by atoms with E-state index < -0.39 is 18.3 Å². The third kappa shape index (κ3) is 4.55. The smallest absolute Gasteiger partial charge is 0.355 e. The van der Waals surface area contributed by atoms with E-state index in [0.717, 1.165) is 54.1 Å². The van der Waals surface area contributed by atoms with Gasteiger partial charge in [-0.1, -0.05) is 12.1 Å². The first-order chi connectivity index (χ1) is 16.9. The van der Waals surface area contributed by atoms with Crippen molar-refractivity contribution in [1.82, 2.24) is 24.6 Å². The first kappa shape index (κ1) is 24.6. The van der Waals surface area contributed by atoms with E-state index in [-0.39, 0.29) is 23.3 Å². The minimum absolute atomic E-state index is 0. The van der Waals surface area contributed by atoms with Crippen molar-refractivity contribution in [2.75, 3.05) is 31.1 Å². The van der Waals surface area contributed by atoms with Crippen molar-refractivity contribution in [2.24, 2.45) is 0 Å². The van der Waals surface area contributed by atoms with E-state index in [1.54, 1.807) is 18.3 Å². The second-order valence-corrected chi connectivity index (χ2v) is 9.38. The number of hydrogen-bond donors (Lipinski definition) is 1. The first-order valence-electron chi connectivity index (χ1n) is 11.9. The topological polar surface area (TPSA) is 70.1 Å². The highest BCUT2D eigenvalue weighted by molar-refractivity contribution is 6.04. The zero-order valence-electron chi connectivity index (χ0n) is 19.5. The Hall–Kier alpha value is -3.11. The molecule has 6 rings (SSSR count). The second kappa shape index (κ2) is 9.40. The molecular formula is C25H26ClF3N6O. The van der Waals surface area contributed by atoms with Gasteiger partial charge in [0.1, 0.15) is 12.4 Å². The molecule has 0 radical (unpaired) electrons. The number of fused-ring (bicyclic) bond motifs is 3. The molecule has 190 valence electrons. The SMILES string of the molecule is Cl.O=c1c2cn[nH]c2c2ccc(-c3cccnc3N3CCCN(C4CC4)CC3)cc2n1CC(F)(F)F. The molecule has 1 N–H and O–H groups in total. The van der Waals surface area contributed by atoms with Gasteiger partial charge in [0.15, 0.2) is 0 Å². The Morgan fingerprint density at radius 3 is 2.67 bits per heavy atom. The average molecular weight is 519 g/mol. The van der Waals surface area contributed by atoms with Crippen LogP contribution in [0.4, 0.5) is 19.0 Å². The summed E-state index contributed by atoms with van der Waals surface area (Å²) in [7, 11) is 0. The highest BCUT2D eigenvalue weighted by Gasteiger charge is 2.31. The van der Waals surface area contributed by atoms with Gasteiger partial charge in [-0.2, -0.15) is 18.3 Å². The number of aromatic amines is 1. The van der Waals surface area contributed by atoms with Crippen LogP contribution < -0.4 is 10.5 Å². The monoisotopic (exact) mass is 518 g/mol. The molecule has 1 aromatic carbocycles. The molecule has 0 atom stereocenters. The number of benzene rings is 1. The van der Waals surface area contributed by atoms with Gasteiger partial charge in [0.05, 0.1) is 22.6 Å². The third-order valence-electron chi connectivity index (χ3n) is 7.00. The normalized spacial score (nSPS) is 17.4. The fourth-order valence-electron chi connectivity index (χ4n) is 5.21. The van der Waals surface area contributed by atoms with Crippen LogP contribution in [0.2, 0.25) is 0 Å². The van der Waals surface area contributed by atoms with Crippen molar-refractivity contribution in [3.05, 3.63) is 53.1 Å². The fourth-order valence-corrected chi connectivity index (χ4v) is 5.21. The van der Waals surface area contributed by atoms with E-state index >= 15 is 0 Å². The Morgan fingerprint density at radius 2 is 1.89 bits per heavy atom. The summed E-state index contributed by atoms with van der Waals surface area (Å²) >= 11 is 0. The zero-order valence-corrected chi connectivity index (χ0v) is 20.3. The van der Waals surface area contributed by atoms with E-state index in [1.807, 2.05) is 18.2 Å². The second-order valence-electron chi connectivity index (χ2n) is 9.38. The van der Waals surface area contributed by atoms with Crippen molar-refractivity contribution >= 4 is 40.0 Å². The third-order valence-corrected chi connectivity index (χ3v) is 7.00. The molecule has 7 nitrogen and oxygen atoms in total. The zero-order chi connectivity index (χ0) is 24.2. The van der Waals surface area contributed by atoms with Crippen LogP contribution in [0, 0.1) is 0 Å². The minimum Gasteiger partial charge on any atom is -0.355 e. The van der Waals surface area contributed by atoms with E-state index in [9.17, 15) is 18.0 Å². The van der Waals surface area contributed by atoms with Crippen molar-refractivity contribution in [3.63, 3.8) is 0 Å². The molecule has 3 aromatic heterocycles. The van der Waals surface area contributed by atoms with Gasteiger partial charge in [-0.15, -0.1) is 12.4 Å². The van der Waals surface area contributed by atoms with Gasteiger partial charge in [0.2, 0.25) is 0 Å². The lowest BCUT2D eigenvalue weighted by atomic mass is 10.0. The van der Waals surface area contributed by atoms with Crippen LogP contribution >= 0.6 is 12.4 Å². The molecular weight excluding hydrogens is 493 g/mol. The molecule has 36 heavy (non-hydrogen) atoms. The lowest BCUT2D eigenvalue weighted by Gasteiger charge is -2.25. The number of rotatable bonds is 4. The number of halogens is 4. The van der Waals surface area contributed by atoms with Crippen LogP contribution in [0.5, 0.6) is 0 Å². The van der Waals surface area contributed by atoms with Gasteiger partial charge in [0.25, 0.3) is 5.56 Å². The quantitative estimate of drug-likeness (QED) is 0.427. The fraction of sp³-hybridized carbons (Fsp3) is 0.400.